The number of hydrogen-bond acceptors (Lipinski definition) is 3. The molecule has 1 fully saturated rings. The lowest BCUT2D eigenvalue weighted by Crippen LogP contribution is -2.48. The summed E-state index contributed by atoms with van der Waals surface area (Å²) in [6, 6.07) is 6.32. The Labute approximate surface area is 110 Å². The van der Waals surface area contributed by atoms with E-state index >= 15 is 0 Å². The molecular weight excluding hydrogens is 244 g/mol. The zero-order valence-electron chi connectivity index (χ0n) is 10.8. The Hall–Kier alpha value is -2.17. The van der Waals surface area contributed by atoms with Gasteiger partial charge in [0.05, 0.1) is 22.6 Å². The molecule has 3 rings (SSSR count). The van der Waals surface area contributed by atoms with Gasteiger partial charge in [-0.25, -0.2) is 0 Å². The first kappa shape index (κ1) is 11.9. The third-order valence-corrected chi connectivity index (χ3v) is 4.01. The van der Waals surface area contributed by atoms with Crippen LogP contribution in [0.4, 0.5) is 0 Å². The third kappa shape index (κ3) is 1.44. The van der Waals surface area contributed by atoms with Crippen LogP contribution in [0.3, 0.4) is 0 Å². The largest absolute Gasteiger partial charge is 0.353 e. The molecule has 1 saturated heterocycles. The maximum Gasteiger partial charge on any atom is 0.261 e. The molecule has 0 radical (unpaired) electrons. The van der Waals surface area contributed by atoms with Gasteiger partial charge >= 0.3 is 0 Å². The Morgan fingerprint density at radius 1 is 1.11 bits per heavy atom. The Morgan fingerprint density at radius 2 is 1.63 bits per heavy atom. The van der Waals surface area contributed by atoms with E-state index in [9.17, 15) is 14.4 Å². The summed E-state index contributed by atoms with van der Waals surface area (Å²) in [4.78, 5) is 37.7. The molecule has 0 bridgehead atoms. The van der Waals surface area contributed by atoms with E-state index < -0.39 is 11.5 Å². The van der Waals surface area contributed by atoms with E-state index in [0.717, 1.165) is 0 Å². The molecule has 2 heterocycles. The summed E-state index contributed by atoms with van der Waals surface area (Å²) in [5.74, 6) is -0.751. The van der Waals surface area contributed by atoms with Gasteiger partial charge in [-0.15, -0.1) is 0 Å². The van der Waals surface area contributed by atoms with Crippen LogP contribution in [-0.4, -0.2) is 35.2 Å². The first-order valence-corrected chi connectivity index (χ1v) is 6.20. The van der Waals surface area contributed by atoms with Crippen molar-refractivity contribution < 1.29 is 14.4 Å². The van der Waals surface area contributed by atoms with Gasteiger partial charge in [0, 0.05) is 6.54 Å². The molecule has 5 heteroatoms. The van der Waals surface area contributed by atoms with E-state index in [1.807, 2.05) is 0 Å². The highest BCUT2D eigenvalue weighted by molar-refractivity contribution is 6.21. The summed E-state index contributed by atoms with van der Waals surface area (Å²) < 4.78 is 0. The highest BCUT2D eigenvalue weighted by Gasteiger charge is 2.51. The average molecular weight is 258 g/mol. The lowest BCUT2D eigenvalue weighted by atomic mass is 9.86. The summed E-state index contributed by atoms with van der Waals surface area (Å²) in [6.07, 6.45) is 0. The van der Waals surface area contributed by atoms with Crippen LogP contribution in [0.25, 0.3) is 0 Å². The molecule has 1 N–H and O–H groups in total. The Morgan fingerprint density at radius 3 is 2.05 bits per heavy atom. The van der Waals surface area contributed by atoms with Gasteiger partial charge in [-0.05, 0) is 26.0 Å². The number of nitrogens with zero attached hydrogens (tertiary/aromatic N) is 1. The second kappa shape index (κ2) is 3.66. The Balaban J connectivity index is 2.04. The number of imide groups is 1. The molecular formula is C14H14N2O3. The molecule has 1 atom stereocenters. The van der Waals surface area contributed by atoms with Crippen molar-refractivity contribution in [3.05, 3.63) is 35.4 Å². The second-order valence-corrected chi connectivity index (χ2v) is 5.47. The van der Waals surface area contributed by atoms with Crippen molar-refractivity contribution in [3.63, 3.8) is 0 Å². The summed E-state index contributed by atoms with van der Waals surface area (Å²) in [5.41, 5.74) is 0.0817. The number of fused-ring (bicyclic) bond motifs is 1. The molecule has 1 unspecified atom stereocenters. The normalized spacial score (nSPS) is 24.6. The maximum absolute atomic E-state index is 12.4. The Bertz CT molecular complexity index is 571. The minimum Gasteiger partial charge on any atom is -0.353 e. The molecule has 1 aromatic rings. The highest BCUT2D eigenvalue weighted by atomic mass is 16.2. The predicted octanol–water partition coefficient (Wildman–Crippen LogP) is 0.807. The smallest absolute Gasteiger partial charge is 0.261 e. The van der Waals surface area contributed by atoms with Crippen molar-refractivity contribution in [2.24, 2.45) is 5.41 Å². The summed E-state index contributed by atoms with van der Waals surface area (Å²) >= 11 is 0. The molecule has 2 aliphatic rings. The van der Waals surface area contributed by atoms with Crippen molar-refractivity contribution in [1.82, 2.24) is 10.2 Å². The molecule has 3 amide bonds. The van der Waals surface area contributed by atoms with E-state index in [1.165, 1.54) is 4.90 Å². The molecule has 0 spiro atoms. The molecule has 2 aliphatic heterocycles. The number of amides is 3. The van der Waals surface area contributed by atoms with Gasteiger partial charge in [-0.1, -0.05) is 12.1 Å². The van der Waals surface area contributed by atoms with E-state index in [1.54, 1.807) is 38.1 Å². The summed E-state index contributed by atoms with van der Waals surface area (Å²) in [7, 11) is 0. The van der Waals surface area contributed by atoms with Crippen molar-refractivity contribution >= 4 is 17.7 Å². The summed E-state index contributed by atoms with van der Waals surface area (Å²) in [6.45, 7) is 3.82. The molecule has 0 saturated carbocycles. The first-order chi connectivity index (χ1) is 8.94. The van der Waals surface area contributed by atoms with Gasteiger partial charge in [0.25, 0.3) is 11.8 Å². The van der Waals surface area contributed by atoms with E-state index in [0.29, 0.717) is 17.7 Å². The minimum absolute atomic E-state index is 0.131. The number of nitrogens with one attached hydrogen (secondary N) is 1. The van der Waals surface area contributed by atoms with E-state index in [4.69, 9.17) is 0 Å². The van der Waals surface area contributed by atoms with Crippen LogP contribution < -0.4 is 5.32 Å². The van der Waals surface area contributed by atoms with Gasteiger partial charge in [-0.2, -0.15) is 0 Å². The second-order valence-electron chi connectivity index (χ2n) is 5.47. The molecule has 98 valence electrons. The monoisotopic (exact) mass is 258 g/mol. The minimum atomic E-state index is -0.757. The SMILES string of the molecule is CC1(C)C(=O)NCC1N1C(=O)c2ccccc2C1=O. The quantitative estimate of drug-likeness (QED) is 0.758. The number of carbonyl (C=O) groups is 3. The van der Waals surface area contributed by atoms with Crippen LogP contribution in [0.15, 0.2) is 24.3 Å². The average Bonchev–Trinajstić information content (AvgIpc) is 2.78. The van der Waals surface area contributed by atoms with Gasteiger partial charge in [-0.3, -0.25) is 19.3 Å². The molecule has 5 nitrogen and oxygen atoms in total. The first-order valence-electron chi connectivity index (χ1n) is 6.20. The van der Waals surface area contributed by atoms with Crippen molar-refractivity contribution in [2.45, 2.75) is 19.9 Å². The fourth-order valence-corrected chi connectivity index (χ4v) is 2.73. The van der Waals surface area contributed by atoms with Gasteiger partial charge in [0.15, 0.2) is 0 Å². The Kier molecular flexibility index (Phi) is 2.29. The maximum atomic E-state index is 12.4. The number of hydrogen-bond donors (Lipinski definition) is 1. The van der Waals surface area contributed by atoms with E-state index in [-0.39, 0.29) is 17.7 Å². The topological polar surface area (TPSA) is 66.5 Å². The molecule has 1 aromatic carbocycles. The zero-order chi connectivity index (χ0) is 13.8. The van der Waals surface area contributed by atoms with Crippen molar-refractivity contribution in [3.8, 4) is 0 Å². The predicted molar refractivity (Wildman–Crippen MR) is 67.5 cm³/mol. The number of rotatable bonds is 1. The van der Waals surface area contributed by atoms with Gasteiger partial charge in [0.1, 0.15) is 0 Å². The van der Waals surface area contributed by atoms with Crippen LogP contribution in [-0.2, 0) is 4.79 Å². The van der Waals surface area contributed by atoms with Gasteiger partial charge in [0.2, 0.25) is 5.91 Å². The number of carbonyl (C=O) groups excluding carboxylic acids is 3. The van der Waals surface area contributed by atoms with Crippen LogP contribution in [0.2, 0.25) is 0 Å². The lowest BCUT2D eigenvalue weighted by Gasteiger charge is -2.30. The fraction of sp³-hybridized carbons (Fsp3) is 0.357. The van der Waals surface area contributed by atoms with Crippen molar-refractivity contribution in [2.75, 3.05) is 6.54 Å². The van der Waals surface area contributed by atoms with Gasteiger partial charge < -0.3 is 5.32 Å². The fourth-order valence-electron chi connectivity index (χ4n) is 2.73. The summed E-state index contributed by atoms with van der Waals surface area (Å²) in [5, 5.41) is 2.72. The standard InChI is InChI=1S/C14H14N2O3/c1-14(2)10(7-15-13(14)19)16-11(17)8-5-3-4-6-9(8)12(16)18/h3-6,10H,7H2,1-2H3,(H,15,19). The highest BCUT2D eigenvalue weighted by Crippen LogP contribution is 2.35. The number of benzene rings is 1. The van der Waals surface area contributed by atoms with Crippen LogP contribution >= 0.6 is 0 Å². The van der Waals surface area contributed by atoms with Crippen LogP contribution in [0.1, 0.15) is 34.6 Å². The van der Waals surface area contributed by atoms with Crippen LogP contribution in [0.5, 0.6) is 0 Å². The van der Waals surface area contributed by atoms with Crippen LogP contribution in [0, 0.1) is 5.41 Å². The molecule has 19 heavy (non-hydrogen) atoms. The zero-order valence-corrected chi connectivity index (χ0v) is 10.8. The lowest BCUT2D eigenvalue weighted by molar-refractivity contribution is -0.127. The third-order valence-electron chi connectivity index (χ3n) is 4.01. The van der Waals surface area contributed by atoms with E-state index in [2.05, 4.69) is 5.32 Å². The molecule has 0 aliphatic carbocycles. The van der Waals surface area contributed by atoms with Crippen molar-refractivity contribution in [1.29, 1.82) is 0 Å². The molecule has 0 aromatic heterocycles.